The standard InChI is InChI=1S/C18H15BrN2O2S/c19-14-6-8-15(9-7-14)23-11-17(22)20-10-18-21-16(12-24-18)13-4-2-1-3-5-13/h1-9,12H,10-11H2,(H,20,22). The number of hydrogen-bond donors (Lipinski definition) is 1. The Hall–Kier alpha value is -2.18. The Bertz CT molecular complexity index is 803. The van der Waals surface area contributed by atoms with E-state index < -0.39 is 0 Å². The summed E-state index contributed by atoms with van der Waals surface area (Å²) in [5, 5.41) is 5.68. The number of nitrogens with zero attached hydrogens (tertiary/aromatic N) is 1. The lowest BCUT2D eigenvalue weighted by molar-refractivity contribution is -0.123. The van der Waals surface area contributed by atoms with Crippen molar-refractivity contribution in [3.05, 3.63) is 69.5 Å². The first-order valence-electron chi connectivity index (χ1n) is 7.35. The van der Waals surface area contributed by atoms with Gasteiger partial charge >= 0.3 is 0 Å². The van der Waals surface area contributed by atoms with E-state index >= 15 is 0 Å². The van der Waals surface area contributed by atoms with E-state index in [2.05, 4.69) is 26.2 Å². The van der Waals surface area contributed by atoms with Gasteiger partial charge in [0.15, 0.2) is 6.61 Å². The van der Waals surface area contributed by atoms with Crippen molar-refractivity contribution in [2.75, 3.05) is 6.61 Å². The second-order valence-corrected chi connectivity index (χ2v) is 6.87. The molecule has 0 unspecified atom stereocenters. The van der Waals surface area contributed by atoms with Gasteiger partial charge in [0, 0.05) is 15.4 Å². The molecule has 3 aromatic rings. The fraction of sp³-hybridized carbons (Fsp3) is 0.111. The predicted octanol–water partition coefficient (Wildman–Crippen LogP) is 4.27. The average Bonchev–Trinajstić information content (AvgIpc) is 3.09. The van der Waals surface area contributed by atoms with Gasteiger partial charge in [-0.15, -0.1) is 11.3 Å². The van der Waals surface area contributed by atoms with Crippen molar-refractivity contribution in [2.24, 2.45) is 0 Å². The summed E-state index contributed by atoms with van der Waals surface area (Å²) in [6.07, 6.45) is 0. The number of ether oxygens (including phenoxy) is 1. The SMILES string of the molecule is O=C(COc1ccc(Br)cc1)NCc1nc(-c2ccccc2)cs1. The van der Waals surface area contributed by atoms with Gasteiger partial charge in [-0.05, 0) is 24.3 Å². The summed E-state index contributed by atoms with van der Waals surface area (Å²) < 4.78 is 6.41. The molecule has 3 rings (SSSR count). The van der Waals surface area contributed by atoms with Crippen LogP contribution in [0.5, 0.6) is 5.75 Å². The van der Waals surface area contributed by atoms with Crippen LogP contribution in [0.2, 0.25) is 0 Å². The first kappa shape index (κ1) is 16.7. The first-order chi connectivity index (χ1) is 11.7. The van der Waals surface area contributed by atoms with Crippen molar-refractivity contribution >= 4 is 33.2 Å². The molecule has 1 N–H and O–H groups in total. The van der Waals surface area contributed by atoms with E-state index in [1.807, 2.05) is 60.0 Å². The van der Waals surface area contributed by atoms with Gasteiger partial charge in [-0.25, -0.2) is 4.98 Å². The largest absolute Gasteiger partial charge is 0.484 e. The van der Waals surface area contributed by atoms with Gasteiger partial charge in [-0.3, -0.25) is 4.79 Å². The highest BCUT2D eigenvalue weighted by molar-refractivity contribution is 9.10. The second-order valence-electron chi connectivity index (χ2n) is 5.01. The minimum Gasteiger partial charge on any atom is -0.484 e. The van der Waals surface area contributed by atoms with Crippen LogP contribution in [0.25, 0.3) is 11.3 Å². The van der Waals surface area contributed by atoms with Crippen molar-refractivity contribution in [2.45, 2.75) is 6.54 Å². The van der Waals surface area contributed by atoms with Gasteiger partial charge in [0.1, 0.15) is 10.8 Å². The minimum absolute atomic E-state index is 0.0153. The zero-order valence-corrected chi connectivity index (χ0v) is 15.1. The molecule has 1 amide bonds. The van der Waals surface area contributed by atoms with E-state index in [1.165, 1.54) is 11.3 Å². The maximum Gasteiger partial charge on any atom is 0.258 e. The van der Waals surface area contributed by atoms with Crippen LogP contribution in [-0.2, 0) is 11.3 Å². The van der Waals surface area contributed by atoms with Gasteiger partial charge < -0.3 is 10.1 Å². The van der Waals surface area contributed by atoms with Gasteiger partial charge in [0.2, 0.25) is 0 Å². The number of carbonyl (C=O) groups excluding carboxylic acids is 1. The van der Waals surface area contributed by atoms with Crippen LogP contribution >= 0.6 is 27.3 Å². The van der Waals surface area contributed by atoms with E-state index in [1.54, 1.807) is 0 Å². The highest BCUT2D eigenvalue weighted by Crippen LogP contribution is 2.21. The Kier molecular flexibility index (Phi) is 5.61. The minimum atomic E-state index is -0.172. The van der Waals surface area contributed by atoms with E-state index in [0.717, 1.165) is 20.7 Å². The molecule has 0 saturated heterocycles. The lowest BCUT2D eigenvalue weighted by Gasteiger charge is -2.06. The van der Waals surface area contributed by atoms with Crippen LogP contribution in [0.15, 0.2) is 64.5 Å². The summed E-state index contributed by atoms with van der Waals surface area (Å²) in [6.45, 7) is 0.387. The summed E-state index contributed by atoms with van der Waals surface area (Å²) in [6, 6.07) is 17.3. The number of amides is 1. The molecule has 1 aromatic heterocycles. The number of thiazole rings is 1. The average molecular weight is 403 g/mol. The maximum atomic E-state index is 11.9. The summed E-state index contributed by atoms with van der Waals surface area (Å²) in [5.74, 6) is 0.489. The van der Waals surface area contributed by atoms with Crippen molar-refractivity contribution in [3.8, 4) is 17.0 Å². The molecule has 2 aromatic carbocycles. The lowest BCUT2D eigenvalue weighted by Crippen LogP contribution is -2.28. The molecule has 6 heteroatoms. The maximum absolute atomic E-state index is 11.9. The Labute approximate surface area is 152 Å². The van der Waals surface area contributed by atoms with Crippen LogP contribution < -0.4 is 10.1 Å². The zero-order chi connectivity index (χ0) is 16.8. The van der Waals surface area contributed by atoms with Crippen molar-refractivity contribution in [1.82, 2.24) is 10.3 Å². The first-order valence-corrected chi connectivity index (χ1v) is 9.03. The highest BCUT2D eigenvalue weighted by atomic mass is 79.9. The fourth-order valence-corrected chi connectivity index (χ4v) is 3.05. The Morgan fingerprint density at radius 3 is 2.62 bits per heavy atom. The van der Waals surface area contributed by atoms with Gasteiger partial charge in [0.25, 0.3) is 5.91 Å². The van der Waals surface area contributed by atoms with Crippen molar-refractivity contribution < 1.29 is 9.53 Å². The predicted molar refractivity (Wildman–Crippen MR) is 99.0 cm³/mol. The van der Waals surface area contributed by atoms with Crippen LogP contribution in [0.1, 0.15) is 5.01 Å². The molecular formula is C18H15BrN2O2S. The van der Waals surface area contributed by atoms with E-state index in [9.17, 15) is 4.79 Å². The number of carbonyl (C=O) groups is 1. The Morgan fingerprint density at radius 1 is 1.12 bits per heavy atom. The molecule has 4 nitrogen and oxygen atoms in total. The number of benzene rings is 2. The van der Waals surface area contributed by atoms with Crippen LogP contribution in [-0.4, -0.2) is 17.5 Å². The molecule has 0 saturated carbocycles. The van der Waals surface area contributed by atoms with Crippen LogP contribution in [0.3, 0.4) is 0 Å². The molecule has 0 atom stereocenters. The number of rotatable bonds is 6. The smallest absolute Gasteiger partial charge is 0.258 e. The molecular weight excluding hydrogens is 388 g/mol. The molecule has 0 spiro atoms. The fourth-order valence-electron chi connectivity index (χ4n) is 2.04. The summed E-state index contributed by atoms with van der Waals surface area (Å²) >= 11 is 4.88. The van der Waals surface area contributed by atoms with Crippen LogP contribution in [0.4, 0.5) is 0 Å². The third kappa shape index (κ3) is 4.66. The second kappa shape index (κ2) is 8.08. The quantitative estimate of drug-likeness (QED) is 0.669. The zero-order valence-electron chi connectivity index (χ0n) is 12.7. The molecule has 0 fully saturated rings. The monoisotopic (exact) mass is 402 g/mol. The summed E-state index contributed by atoms with van der Waals surface area (Å²) in [4.78, 5) is 16.4. The van der Waals surface area contributed by atoms with Gasteiger partial charge in [-0.1, -0.05) is 46.3 Å². The molecule has 0 aliphatic rings. The van der Waals surface area contributed by atoms with Gasteiger partial charge in [-0.2, -0.15) is 0 Å². The van der Waals surface area contributed by atoms with E-state index in [0.29, 0.717) is 12.3 Å². The van der Waals surface area contributed by atoms with Crippen molar-refractivity contribution in [3.63, 3.8) is 0 Å². The van der Waals surface area contributed by atoms with Gasteiger partial charge in [0.05, 0.1) is 12.2 Å². The number of halogens is 1. The number of aromatic nitrogens is 1. The molecule has 0 aliphatic heterocycles. The number of nitrogens with one attached hydrogen (secondary N) is 1. The van der Waals surface area contributed by atoms with Crippen LogP contribution in [0, 0.1) is 0 Å². The molecule has 24 heavy (non-hydrogen) atoms. The summed E-state index contributed by atoms with van der Waals surface area (Å²) in [5.41, 5.74) is 2.00. The third-order valence-electron chi connectivity index (χ3n) is 3.24. The lowest BCUT2D eigenvalue weighted by atomic mass is 10.2. The molecule has 1 heterocycles. The molecule has 0 bridgehead atoms. The Morgan fingerprint density at radius 2 is 1.88 bits per heavy atom. The highest BCUT2D eigenvalue weighted by Gasteiger charge is 2.07. The third-order valence-corrected chi connectivity index (χ3v) is 4.62. The van der Waals surface area contributed by atoms with E-state index in [4.69, 9.17) is 4.74 Å². The van der Waals surface area contributed by atoms with Crippen molar-refractivity contribution in [1.29, 1.82) is 0 Å². The number of hydrogen-bond acceptors (Lipinski definition) is 4. The van der Waals surface area contributed by atoms with E-state index in [-0.39, 0.29) is 12.5 Å². The molecule has 0 radical (unpaired) electrons. The normalized spacial score (nSPS) is 10.4. The summed E-state index contributed by atoms with van der Waals surface area (Å²) in [7, 11) is 0. The molecule has 0 aliphatic carbocycles. The molecule has 122 valence electrons. The Balaban J connectivity index is 1.48. The topological polar surface area (TPSA) is 51.2 Å².